The summed E-state index contributed by atoms with van der Waals surface area (Å²) < 4.78 is 45.3. The standard InChI is InChI=1S/C19H15F3N4O/c1-27-15-8-4-12(5-9-15)16-10-17(26-18(25-16)23-11-24-26)13-2-6-14(7-3-13)19(20,21)22/h2-11,17H,1H3,(H,23,24,25). The Morgan fingerprint density at radius 2 is 1.74 bits per heavy atom. The SMILES string of the molecule is COc1ccc(C2=CC(c3ccc(C(F)(F)F)cc3)n3ncnc3N2)cc1. The fraction of sp³-hybridized carbons (Fsp3) is 0.158. The van der Waals surface area contributed by atoms with E-state index < -0.39 is 11.7 Å². The highest BCUT2D eigenvalue weighted by Crippen LogP contribution is 2.34. The van der Waals surface area contributed by atoms with Crippen molar-refractivity contribution in [1.82, 2.24) is 14.8 Å². The van der Waals surface area contributed by atoms with Crippen molar-refractivity contribution in [3.05, 3.63) is 77.6 Å². The molecule has 1 unspecified atom stereocenters. The predicted octanol–water partition coefficient (Wildman–Crippen LogP) is 4.36. The number of hydrogen-bond donors (Lipinski definition) is 1. The van der Waals surface area contributed by atoms with Gasteiger partial charge in [0.05, 0.1) is 12.7 Å². The molecule has 1 aliphatic heterocycles. The summed E-state index contributed by atoms with van der Waals surface area (Å²) in [6.07, 6.45) is -1.05. The van der Waals surface area contributed by atoms with Crippen LogP contribution in [0, 0.1) is 0 Å². The molecule has 1 atom stereocenters. The average Bonchev–Trinajstić information content (AvgIpc) is 3.15. The van der Waals surface area contributed by atoms with E-state index in [-0.39, 0.29) is 6.04 Å². The van der Waals surface area contributed by atoms with E-state index in [9.17, 15) is 13.2 Å². The lowest BCUT2D eigenvalue weighted by molar-refractivity contribution is -0.137. The highest BCUT2D eigenvalue weighted by Gasteiger charge is 2.31. The quantitative estimate of drug-likeness (QED) is 0.742. The first kappa shape index (κ1) is 17.1. The number of hydrogen-bond acceptors (Lipinski definition) is 4. The lowest BCUT2D eigenvalue weighted by atomic mass is 10.0. The molecule has 4 rings (SSSR count). The van der Waals surface area contributed by atoms with Gasteiger partial charge in [-0.2, -0.15) is 23.3 Å². The van der Waals surface area contributed by atoms with Gasteiger partial charge in [-0.05, 0) is 53.6 Å². The smallest absolute Gasteiger partial charge is 0.416 e. The Bertz CT molecular complexity index is 975. The van der Waals surface area contributed by atoms with Crippen molar-refractivity contribution in [2.24, 2.45) is 0 Å². The maximum absolute atomic E-state index is 12.8. The van der Waals surface area contributed by atoms with E-state index in [4.69, 9.17) is 4.74 Å². The number of allylic oxidation sites excluding steroid dienone is 1. The molecule has 1 N–H and O–H groups in total. The highest BCUT2D eigenvalue weighted by atomic mass is 19.4. The monoisotopic (exact) mass is 372 g/mol. The minimum atomic E-state index is -4.37. The van der Waals surface area contributed by atoms with Gasteiger partial charge in [0.15, 0.2) is 0 Å². The summed E-state index contributed by atoms with van der Waals surface area (Å²) in [4.78, 5) is 4.19. The number of alkyl halides is 3. The molecule has 0 fully saturated rings. The first-order chi connectivity index (χ1) is 13.0. The normalized spacial score (nSPS) is 16.3. The van der Waals surface area contributed by atoms with Crippen LogP contribution in [-0.2, 0) is 6.18 Å². The number of benzene rings is 2. The van der Waals surface area contributed by atoms with Crippen molar-refractivity contribution in [3.8, 4) is 5.75 Å². The molecule has 8 heteroatoms. The van der Waals surface area contributed by atoms with E-state index in [2.05, 4.69) is 15.4 Å². The van der Waals surface area contributed by atoms with Crippen LogP contribution in [0.25, 0.3) is 5.70 Å². The third-order valence-electron chi connectivity index (χ3n) is 4.39. The molecule has 5 nitrogen and oxygen atoms in total. The first-order valence-corrected chi connectivity index (χ1v) is 8.15. The second-order valence-corrected chi connectivity index (χ2v) is 6.03. The van der Waals surface area contributed by atoms with E-state index in [0.717, 1.165) is 29.1 Å². The molecule has 2 heterocycles. The summed E-state index contributed by atoms with van der Waals surface area (Å²) in [5.41, 5.74) is 1.70. The van der Waals surface area contributed by atoms with E-state index in [0.29, 0.717) is 11.5 Å². The number of nitrogens with one attached hydrogen (secondary N) is 1. The Hall–Kier alpha value is -3.29. The number of nitrogens with zero attached hydrogens (tertiary/aromatic N) is 3. The van der Waals surface area contributed by atoms with Gasteiger partial charge < -0.3 is 10.1 Å². The average molecular weight is 372 g/mol. The van der Waals surface area contributed by atoms with E-state index in [1.54, 1.807) is 11.8 Å². The molecule has 3 aromatic rings. The van der Waals surface area contributed by atoms with Crippen molar-refractivity contribution in [3.63, 3.8) is 0 Å². The van der Waals surface area contributed by atoms with Crippen molar-refractivity contribution in [1.29, 1.82) is 0 Å². The first-order valence-electron chi connectivity index (χ1n) is 8.15. The van der Waals surface area contributed by atoms with E-state index >= 15 is 0 Å². The zero-order chi connectivity index (χ0) is 19.0. The lowest BCUT2D eigenvalue weighted by Gasteiger charge is -2.24. The van der Waals surface area contributed by atoms with Crippen LogP contribution in [-0.4, -0.2) is 21.9 Å². The Labute approximate surface area is 153 Å². The molecule has 1 aliphatic rings. The zero-order valence-electron chi connectivity index (χ0n) is 14.2. The number of anilines is 1. The summed E-state index contributed by atoms with van der Waals surface area (Å²) in [6, 6.07) is 12.2. The Balaban J connectivity index is 1.72. The largest absolute Gasteiger partial charge is 0.497 e. The summed E-state index contributed by atoms with van der Waals surface area (Å²) in [6.45, 7) is 0. The van der Waals surface area contributed by atoms with E-state index in [1.807, 2.05) is 30.3 Å². The molecule has 138 valence electrons. The highest BCUT2D eigenvalue weighted by molar-refractivity contribution is 5.77. The van der Waals surface area contributed by atoms with Crippen LogP contribution >= 0.6 is 0 Å². The van der Waals surface area contributed by atoms with Crippen LogP contribution < -0.4 is 10.1 Å². The summed E-state index contributed by atoms with van der Waals surface area (Å²) in [5.74, 6) is 1.26. The molecule has 0 bridgehead atoms. The second kappa shape index (κ2) is 6.46. The molecular weight excluding hydrogens is 357 g/mol. The van der Waals surface area contributed by atoms with Gasteiger partial charge in [-0.3, -0.25) is 0 Å². The Kier molecular flexibility index (Phi) is 4.10. The Morgan fingerprint density at radius 3 is 2.37 bits per heavy atom. The number of methoxy groups -OCH3 is 1. The van der Waals surface area contributed by atoms with Crippen LogP contribution in [0.1, 0.15) is 22.7 Å². The van der Waals surface area contributed by atoms with Crippen molar-refractivity contribution in [2.75, 3.05) is 12.4 Å². The minimum Gasteiger partial charge on any atom is -0.497 e. The third-order valence-corrected chi connectivity index (χ3v) is 4.39. The molecule has 0 saturated heterocycles. The second-order valence-electron chi connectivity index (χ2n) is 6.03. The van der Waals surface area contributed by atoms with Gasteiger partial charge in [0, 0.05) is 5.70 Å². The van der Waals surface area contributed by atoms with Gasteiger partial charge in [0.1, 0.15) is 18.1 Å². The van der Waals surface area contributed by atoms with Gasteiger partial charge in [-0.15, -0.1) is 0 Å². The maximum Gasteiger partial charge on any atom is 0.416 e. The molecule has 0 saturated carbocycles. The Morgan fingerprint density at radius 1 is 1.04 bits per heavy atom. The predicted molar refractivity (Wildman–Crippen MR) is 94.2 cm³/mol. The number of halogens is 3. The van der Waals surface area contributed by atoms with Crippen LogP contribution in [0.2, 0.25) is 0 Å². The fourth-order valence-corrected chi connectivity index (χ4v) is 2.98. The third kappa shape index (κ3) is 3.25. The van der Waals surface area contributed by atoms with Gasteiger partial charge in [0.2, 0.25) is 5.95 Å². The number of aromatic nitrogens is 3. The molecule has 0 spiro atoms. The lowest BCUT2D eigenvalue weighted by Crippen LogP contribution is -2.20. The van der Waals surface area contributed by atoms with Crippen LogP contribution in [0.5, 0.6) is 5.75 Å². The molecule has 0 amide bonds. The van der Waals surface area contributed by atoms with Gasteiger partial charge >= 0.3 is 6.18 Å². The van der Waals surface area contributed by atoms with Crippen LogP contribution in [0.15, 0.2) is 60.9 Å². The van der Waals surface area contributed by atoms with Crippen LogP contribution in [0.4, 0.5) is 19.1 Å². The number of rotatable bonds is 3. The summed E-state index contributed by atoms with van der Waals surface area (Å²) in [5, 5.41) is 7.39. The van der Waals surface area contributed by atoms with Gasteiger partial charge in [-0.1, -0.05) is 12.1 Å². The van der Waals surface area contributed by atoms with Crippen molar-refractivity contribution in [2.45, 2.75) is 12.2 Å². The number of ether oxygens (including phenoxy) is 1. The minimum absolute atomic E-state index is 0.372. The molecule has 27 heavy (non-hydrogen) atoms. The van der Waals surface area contributed by atoms with Crippen LogP contribution in [0.3, 0.4) is 0 Å². The topological polar surface area (TPSA) is 52.0 Å². The molecule has 0 radical (unpaired) electrons. The van der Waals surface area contributed by atoms with Gasteiger partial charge in [-0.25, -0.2) is 4.68 Å². The summed E-state index contributed by atoms with van der Waals surface area (Å²) in [7, 11) is 1.59. The molecule has 1 aromatic heterocycles. The maximum atomic E-state index is 12.8. The number of fused-ring (bicyclic) bond motifs is 1. The van der Waals surface area contributed by atoms with Crippen molar-refractivity contribution >= 4 is 11.6 Å². The molecule has 2 aromatic carbocycles. The van der Waals surface area contributed by atoms with Gasteiger partial charge in [0.25, 0.3) is 0 Å². The molecular formula is C19H15F3N4O. The van der Waals surface area contributed by atoms with Crippen molar-refractivity contribution < 1.29 is 17.9 Å². The van der Waals surface area contributed by atoms with E-state index in [1.165, 1.54) is 18.5 Å². The fourth-order valence-electron chi connectivity index (χ4n) is 2.98. The zero-order valence-corrected chi connectivity index (χ0v) is 14.2. The molecule has 0 aliphatic carbocycles. The summed E-state index contributed by atoms with van der Waals surface area (Å²) >= 11 is 0.